The molecule has 0 aliphatic heterocycles. The first-order chi connectivity index (χ1) is 20.5. The number of hydrogen-bond donors (Lipinski definition) is 4. The van der Waals surface area contributed by atoms with E-state index >= 15 is 0 Å². The molecule has 4 rings (SSSR count). The molecule has 4 N–H and O–H groups in total. The Morgan fingerprint density at radius 2 is 1.45 bits per heavy atom. The van der Waals surface area contributed by atoms with Crippen molar-refractivity contribution in [3.05, 3.63) is 72.6 Å². The minimum absolute atomic E-state index is 0. The Kier molecular flexibility index (Phi) is 14.4. The van der Waals surface area contributed by atoms with Crippen LogP contribution in [0.3, 0.4) is 0 Å². The van der Waals surface area contributed by atoms with Crippen LogP contribution in [0.5, 0.6) is 23.1 Å². The number of aromatic nitrogens is 4. The third-order valence-corrected chi connectivity index (χ3v) is 6.93. The van der Waals surface area contributed by atoms with Gasteiger partial charge in [0.05, 0.1) is 31.8 Å². The van der Waals surface area contributed by atoms with Gasteiger partial charge in [0.2, 0.25) is 11.6 Å². The molecule has 0 spiro atoms. The number of rotatable bonds is 11. The summed E-state index contributed by atoms with van der Waals surface area (Å²) in [5, 5.41) is 24.6. The molecule has 2 heterocycles. The van der Waals surface area contributed by atoms with Crippen LogP contribution in [0.1, 0.15) is 27.8 Å². The van der Waals surface area contributed by atoms with Crippen LogP contribution < -0.4 is 48.5 Å². The van der Waals surface area contributed by atoms with Crippen LogP contribution in [0.4, 0.5) is 5.82 Å². The zero-order valence-corrected chi connectivity index (χ0v) is 28.1. The molecule has 4 aromatic rings. The van der Waals surface area contributed by atoms with Gasteiger partial charge < -0.3 is 31.0 Å². The minimum Gasteiger partial charge on any atom is -1.00 e. The molecule has 0 amide bonds. The zero-order chi connectivity index (χ0) is 31.5. The van der Waals surface area contributed by atoms with Crippen molar-refractivity contribution in [1.29, 1.82) is 0 Å². The number of para-hydroxylation sites is 2. The maximum atomic E-state index is 13.5. The second-order valence-corrected chi connectivity index (χ2v) is 11.4. The molecule has 0 radical (unpaired) electrons. The average Bonchev–Trinajstić information content (AvgIpc) is 3.01. The fourth-order valence-electron chi connectivity index (χ4n) is 3.48. The van der Waals surface area contributed by atoms with Crippen LogP contribution in [0.15, 0.2) is 71.9 Å². The molecule has 0 atom stereocenters. The van der Waals surface area contributed by atoms with Crippen molar-refractivity contribution < 1.29 is 68.9 Å². The third-order valence-electron chi connectivity index (χ3n) is 5.57. The molecule has 0 saturated heterocycles. The van der Waals surface area contributed by atoms with Gasteiger partial charge in [-0.25, -0.2) is 23.4 Å². The number of hydrogen-bond acceptors (Lipinski definition) is 12. The van der Waals surface area contributed by atoms with E-state index < -0.39 is 10.0 Å². The fourth-order valence-corrected chi connectivity index (χ4v) is 4.48. The van der Waals surface area contributed by atoms with Crippen LogP contribution in [-0.2, 0) is 15.4 Å². The van der Waals surface area contributed by atoms with Crippen molar-refractivity contribution in [1.82, 2.24) is 19.9 Å². The molecule has 0 aliphatic carbocycles. The van der Waals surface area contributed by atoms with Gasteiger partial charge in [0, 0.05) is 12.4 Å². The number of nitrogens with zero attached hydrogens (tertiary/aromatic N) is 4. The number of methoxy groups -OCH3 is 1. The van der Waals surface area contributed by atoms with E-state index in [0.717, 1.165) is 5.56 Å². The first-order valence-electron chi connectivity index (χ1n) is 13.1. The number of aliphatic hydroxyl groups is 3. The fraction of sp³-hybridized carbons (Fsp3) is 0.310. The molecule has 44 heavy (non-hydrogen) atoms. The molecule has 0 fully saturated rings. The SMILES string of the molecule is COc1ccccc1Oc1c(NS(=O)(=O)c2ccc(C(C)(C)C)cc2)nc(-c2ncccn2)nc1OCCO.OCCO.[H-].[Na+]. The van der Waals surface area contributed by atoms with E-state index in [-0.39, 0.29) is 103 Å². The van der Waals surface area contributed by atoms with Crippen LogP contribution >= 0.6 is 0 Å². The summed E-state index contributed by atoms with van der Waals surface area (Å²) in [6.07, 6.45) is 3.00. The molecular weight excluding hydrogens is 601 g/mol. The molecule has 2 aromatic carbocycles. The van der Waals surface area contributed by atoms with Crippen LogP contribution in [-0.4, -0.2) is 77.2 Å². The van der Waals surface area contributed by atoms with Gasteiger partial charge in [-0.15, -0.1) is 0 Å². The van der Waals surface area contributed by atoms with Gasteiger partial charge in [-0.05, 0) is 41.3 Å². The first-order valence-corrected chi connectivity index (χ1v) is 14.6. The van der Waals surface area contributed by atoms with Crippen LogP contribution in [0.2, 0.25) is 0 Å². The molecule has 15 heteroatoms. The number of benzene rings is 2. The maximum absolute atomic E-state index is 13.5. The predicted molar refractivity (Wildman–Crippen MR) is 160 cm³/mol. The minimum atomic E-state index is -4.14. The van der Waals surface area contributed by atoms with Gasteiger partial charge in [-0.1, -0.05) is 45.0 Å². The maximum Gasteiger partial charge on any atom is 1.00 e. The second-order valence-electron chi connectivity index (χ2n) is 9.75. The molecule has 232 valence electrons. The van der Waals surface area contributed by atoms with Crippen molar-refractivity contribution in [3.63, 3.8) is 0 Å². The summed E-state index contributed by atoms with van der Waals surface area (Å²) >= 11 is 0. The zero-order valence-electron chi connectivity index (χ0n) is 26.3. The third kappa shape index (κ3) is 10.1. The van der Waals surface area contributed by atoms with Crippen molar-refractivity contribution in [2.75, 3.05) is 38.3 Å². The molecule has 0 saturated carbocycles. The Morgan fingerprint density at radius 1 is 0.841 bits per heavy atom. The molecule has 2 aromatic heterocycles. The molecular formula is C29H36N5NaO8S. The summed E-state index contributed by atoms with van der Waals surface area (Å²) in [5.74, 6) is 0.271. The molecule has 0 unspecified atom stereocenters. The Bertz CT molecular complexity index is 1580. The van der Waals surface area contributed by atoms with Crippen LogP contribution in [0, 0.1) is 0 Å². The molecule has 0 aliphatic rings. The Balaban J connectivity index is 0.00000159. The second kappa shape index (κ2) is 17.2. The summed E-state index contributed by atoms with van der Waals surface area (Å²) in [4.78, 5) is 17.1. The summed E-state index contributed by atoms with van der Waals surface area (Å²) in [6.45, 7) is 5.40. The van der Waals surface area contributed by atoms with Gasteiger partial charge in [0.15, 0.2) is 23.1 Å². The Morgan fingerprint density at radius 3 is 2.00 bits per heavy atom. The van der Waals surface area contributed by atoms with Crippen molar-refractivity contribution in [3.8, 4) is 34.8 Å². The van der Waals surface area contributed by atoms with Crippen molar-refractivity contribution in [2.45, 2.75) is 31.1 Å². The van der Waals surface area contributed by atoms with Crippen molar-refractivity contribution in [2.24, 2.45) is 0 Å². The van der Waals surface area contributed by atoms with Gasteiger partial charge in [0.25, 0.3) is 15.9 Å². The van der Waals surface area contributed by atoms with Gasteiger partial charge in [-0.3, -0.25) is 4.72 Å². The van der Waals surface area contributed by atoms with E-state index in [1.165, 1.54) is 31.6 Å². The Hall–Kier alpha value is -3.37. The Labute approximate surface area is 280 Å². The van der Waals surface area contributed by atoms with E-state index in [2.05, 4.69) is 24.7 Å². The summed E-state index contributed by atoms with van der Waals surface area (Å²) in [5.41, 5.74) is 0.827. The number of aliphatic hydroxyl groups excluding tert-OH is 3. The average molecular weight is 638 g/mol. The number of sulfonamides is 1. The first kappa shape index (κ1) is 36.8. The van der Waals surface area contributed by atoms with E-state index in [1.807, 2.05) is 20.8 Å². The van der Waals surface area contributed by atoms with E-state index in [4.69, 9.17) is 24.4 Å². The van der Waals surface area contributed by atoms with Crippen molar-refractivity contribution >= 4 is 15.8 Å². The van der Waals surface area contributed by atoms with Gasteiger partial charge >= 0.3 is 29.6 Å². The monoisotopic (exact) mass is 637 g/mol. The molecule has 0 bridgehead atoms. The standard InChI is InChI=1S/C27H29N5O6S.C2H6O2.Na.H/c1-27(2,3)18-10-12-19(13-11-18)39(34,35)32-23-22(38-21-9-6-5-8-20(21)36-4)26(37-17-16-33)31-25(30-23)24-28-14-7-15-29-24;3-1-2-4;;/h5-15,33H,16-17H2,1-4H3,(H,30,31,32);3-4H,1-2H2;;/q;;+1;-1. The molecule has 13 nitrogen and oxygen atoms in total. The van der Waals surface area contributed by atoms with E-state index in [0.29, 0.717) is 5.75 Å². The summed E-state index contributed by atoms with van der Waals surface area (Å²) < 4.78 is 46.6. The van der Waals surface area contributed by atoms with Gasteiger partial charge in [0.1, 0.15) is 6.61 Å². The summed E-state index contributed by atoms with van der Waals surface area (Å²) in [7, 11) is -2.66. The summed E-state index contributed by atoms with van der Waals surface area (Å²) in [6, 6.07) is 15.0. The van der Waals surface area contributed by atoms with Crippen LogP contribution in [0.25, 0.3) is 11.6 Å². The largest absolute Gasteiger partial charge is 1.00 e. The quantitative estimate of drug-likeness (QED) is 0.165. The van der Waals surface area contributed by atoms with E-state index in [1.54, 1.807) is 42.5 Å². The number of anilines is 1. The normalized spacial score (nSPS) is 11.0. The van der Waals surface area contributed by atoms with Gasteiger partial charge in [-0.2, -0.15) is 4.98 Å². The number of ether oxygens (including phenoxy) is 3. The predicted octanol–water partition coefficient (Wildman–Crippen LogP) is 0.291. The smallest absolute Gasteiger partial charge is 1.00 e. The topological polar surface area (TPSA) is 186 Å². The van der Waals surface area contributed by atoms with E-state index in [9.17, 15) is 13.5 Å². The number of nitrogens with one attached hydrogen (secondary N) is 1.